The third-order valence-electron chi connectivity index (χ3n) is 3.35. The fraction of sp³-hybridized carbons (Fsp3) is 0.200. The molecule has 6 nitrogen and oxygen atoms in total. The Bertz CT molecular complexity index is 1010. The van der Waals surface area contributed by atoms with Crippen LogP contribution in [-0.4, -0.2) is 23.0 Å². The Kier molecular flexibility index (Phi) is 4.15. The number of nitrogens with one attached hydrogen (secondary N) is 1. The van der Waals surface area contributed by atoms with Gasteiger partial charge < -0.3 is 0 Å². The van der Waals surface area contributed by atoms with E-state index in [1.54, 1.807) is 13.0 Å². The van der Waals surface area contributed by atoms with E-state index >= 15 is 0 Å². The first-order chi connectivity index (χ1) is 11.6. The first-order valence-electron chi connectivity index (χ1n) is 7.11. The van der Waals surface area contributed by atoms with Crippen LogP contribution in [0.15, 0.2) is 42.7 Å². The highest BCUT2D eigenvalue weighted by Gasteiger charge is 2.30. The van der Waals surface area contributed by atoms with Crippen molar-refractivity contribution in [3.05, 3.63) is 59.5 Å². The molecule has 0 unspecified atom stereocenters. The van der Waals surface area contributed by atoms with Gasteiger partial charge in [-0.05, 0) is 24.6 Å². The summed E-state index contributed by atoms with van der Waals surface area (Å²) in [6, 6.07) is 5.72. The molecular formula is C15H13F3N4O2S. The second-order valence-electron chi connectivity index (χ2n) is 5.49. The zero-order valence-electron chi connectivity index (χ0n) is 12.9. The Labute approximate surface area is 141 Å². The van der Waals surface area contributed by atoms with E-state index < -0.39 is 27.5 Å². The van der Waals surface area contributed by atoms with Crippen LogP contribution in [0.4, 0.5) is 18.9 Å². The van der Waals surface area contributed by atoms with Gasteiger partial charge in [0.2, 0.25) is 10.0 Å². The van der Waals surface area contributed by atoms with Crippen LogP contribution in [0.25, 0.3) is 5.65 Å². The molecule has 1 N–H and O–H groups in total. The van der Waals surface area contributed by atoms with Crippen molar-refractivity contribution in [3.63, 3.8) is 0 Å². The van der Waals surface area contributed by atoms with Crippen molar-refractivity contribution in [2.24, 2.45) is 0 Å². The maximum Gasteiger partial charge on any atom is 0.416 e. The first-order valence-corrected chi connectivity index (χ1v) is 8.76. The minimum atomic E-state index is -4.46. The number of rotatable bonds is 4. The highest BCUT2D eigenvalue weighted by Crippen LogP contribution is 2.29. The van der Waals surface area contributed by atoms with Gasteiger partial charge in [0.05, 0.1) is 35.1 Å². The molecule has 0 fully saturated rings. The van der Waals surface area contributed by atoms with Crippen molar-refractivity contribution >= 4 is 21.4 Å². The van der Waals surface area contributed by atoms with Gasteiger partial charge in [0.25, 0.3) is 0 Å². The summed E-state index contributed by atoms with van der Waals surface area (Å²) in [5.74, 6) is -0.457. The molecule has 25 heavy (non-hydrogen) atoms. The van der Waals surface area contributed by atoms with E-state index in [0.29, 0.717) is 5.65 Å². The normalized spacial score (nSPS) is 12.5. The molecule has 0 bridgehead atoms. The topological polar surface area (TPSA) is 76.4 Å². The van der Waals surface area contributed by atoms with Crippen molar-refractivity contribution in [1.82, 2.24) is 14.6 Å². The smallest absolute Gasteiger partial charge is 0.280 e. The molecule has 1 aromatic carbocycles. The van der Waals surface area contributed by atoms with Gasteiger partial charge in [-0.2, -0.15) is 18.3 Å². The number of hydrogen-bond acceptors (Lipinski definition) is 4. The largest absolute Gasteiger partial charge is 0.416 e. The molecule has 3 rings (SSSR count). The lowest BCUT2D eigenvalue weighted by molar-refractivity contribution is -0.137. The van der Waals surface area contributed by atoms with E-state index in [2.05, 4.69) is 14.8 Å². The molecule has 0 aliphatic rings. The lowest BCUT2D eigenvalue weighted by atomic mass is 10.1. The minimum Gasteiger partial charge on any atom is -0.280 e. The molecule has 0 saturated carbocycles. The second-order valence-corrected chi connectivity index (χ2v) is 7.21. The number of aryl methyl sites for hydroxylation is 1. The van der Waals surface area contributed by atoms with Gasteiger partial charge in [0, 0.05) is 6.07 Å². The maximum absolute atomic E-state index is 12.5. The fourth-order valence-electron chi connectivity index (χ4n) is 2.27. The quantitative estimate of drug-likeness (QED) is 0.766. The Balaban J connectivity index is 1.76. The third-order valence-corrected chi connectivity index (χ3v) is 4.61. The average Bonchev–Trinajstić information content (AvgIpc) is 2.85. The molecule has 0 saturated heterocycles. The van der Waals surface area contributed by atoms with Crippen LogP contribution >= 0.6 is 0 Å². The molecule has 2 aromatic heterocycles. The van der Waals surface area contributed by atoms with Crippen LogP contribution in [0.3, 0.4) is 0 Å². The Morgan fingerprint density at radius 1 is 1.20 bits per heavy atom. The van der Waals surface area contributed by atoms with Gasteiger partial charge in [0.1, 0.15) is 0 Å². The summed E-state index contributed by atoms with van der Waals surface area (Å²) in [6.07, 6.45) is -1.64. The number of hydrogen-bond donors (Lipinski definition) is 1. The van der Waals surface area contributed by atoms with Gasteiger partial charge in [-0.15, -0.1) is 0 Å². The lowest BCUT2D eigenvalue weighted by Gasteiger charge is -2.10. The summed E-state index contributed by atoms with van der Waals surface area (Å²) in [5.41, 5.74) is 0.928. The Morgan fingerprint density at radius 3 is 2.52 bits per heavy atom. The second kappa shape index (κ2) is 6.03. The number of sulfonamides is 1. The van der Waals surface area contributed by atoms with Crippen LogP contribution in [-0.2, 0) is 22.0 Å². The fourth-order valence-corrected chi connectivity index (χ4v) is 3.44. The summed E-state index contributed by atoms with van der Waals surface area (Å²) in [6.45, 7) is 1.78. The van der Waals surface area contributed by atoms with E-state index in [1.165, 1.54) is 16.9 Å². The van der Waals surface area contributed by atoms with E-state index in [4.69, 9.17) is 0 Å². The zero-order chi connectivity index (χ0) is 18.2. The van der Waals surface area contributed by atoms with Gasteiger partial charge in [0.15, 0.2) is 5.65 Å². The van der Waals surface area contributed by atoms with E-state index in [0.717, 1.165) is 30.0 Å². The molecule has 0 aliphatic heterocycles. The summed E-state index contributed by atoms with van der Waals surface area (Å²) < 4.78 is 65.8. The van der Waals surface area contributed by atoms with Gasteiger partial charge in [-0.25, -0.2) is 17.9 Å². The molecule has 0 atom stereocenters. The van der Waals surface area contributed by atoms with Crippen molar-refractivity contribution < 1.29 is 21.6 Å². The van der Waals surface area contributed by atoms with Gasteiger partial charge in [-0.3, -0.25) is 4.72 Å². The predicted molar refractivity (Wildman–Crippen MR) is 85.4 cm³/mol. The Hall–Kier alpha value is -2.62. The summed E-state index contributed by atoms with van der Waals surface area (Å²) in [7, 11) is -3.81. The number of alkyl halides is 3. The molecule has 132 valence electrons. The SMILES string of the molecule is Cc1cc2ncc(NS(=O)(=O)Cc3ccc(C(F)(F)F)cc3)cn2n1. The lowest BCUT2D eigenvalue weighted by Crippen LogP contribution is -2.16. The molecule has 0 aliphatic carbocycles. The zero-order valence-corrected chi connectivity index (χ0v) is 13.8. The standard InChI is InChI=1S/C15H13F3N4O2S/c1-10-6-14-19-7-13(8-22(14)20-10)21-25(23,24)9-11-2-4-12(5-3-11)15(16,17)18/h2-8,21H,9H2,1H3. The highest BCUT2D eigenvalue weighted by atomic mass is 32.2. The molecule has 10 heteroatoms. The first kappa shape index (κ1) is 17.2. The molecule has 0 amide bonds. The van der Waals surface area contributed by atoms with Gasteiger partial charge in [-0.1, -0.05) is 12.1 Å². The van der Waals surface area contributed by atoms with Crippen LogP contribution in [0.5, 0.6) is 0 Å². The monoisotopic (exact) mass is 370 g/mol. The summed E-state index contributed by atoms with van der Waals surface area (Å²) >= 11 is 0. The van der Waals surface area contributed by atoms with Crippen LogP contribution in [0.1, 0.15) is 16.8 Å². The van der Waals surface area contributed by atoms with Crippen LogP contribution < -0.4 is 4.72 Å². The highest BCUT2D eigenvalue weighted by molar-refractivity contribution is 7.91. The molecule has 2 heterocycles. The number of nitrogens with zero attached hydrogens (tertiary/aromatic N) is 3. The number of fused-ring (bicyclic) bond motifs is 1. The van der Waals surface area contributed by atoms with Crippen LogP contribution in [0.2, 0.25) is 0 Å². The van der Waals surface area contributed by atoms with Crippen molar-refractivity contribution in [2.75, 3.05) is 4.72 Å². The molecule has 0 spiro atoms. The number of halogens is 3. The van der Waals surface area contributed by atoms with E-state index in [1.807, 2.05) is 0 Å². The average molecular weight is 370 g/mol. The van der Waals surface area contributed by atoms with Crippen molar-refractivity contribution in [3.8, 4) is 0 Å². The van der Waals surface area contributed by atoms with E-state index in [-0.39, 0.29) is 11.3 Å². The summed E-state index contributed by atoms with van der Waals surface area (Å²) in [4.78, 5) is 4.08. The Morgan fingerprint density at radius 2 is 1.88 bits per heavy atom. The molecule has 3 aromatic rings. The molecular weight excluding hydrogens is 357 g/mol. The van der Waals surface area contributed by atoms with Crippen LogP contribution in [0, 0.1) is 6.92 Å². The number of aromatic nitrogens is 3. The minimum absolute atomic E-state index is 0.211. The van der Waals surface area contributed by atoms with Crippen molar-refractivity contribution in [2.45, 2.75) is 18.9 Å². The third kappa shape index (κ3) is 4.08. The predicted octanol–water partition coefficient (Wildman–Crippen LogP) is 3.00. The number of benzene rings is 1. The van der Waals surface area contributed by atoms with E-state index in [9.17, 15) is 21.6 Å². The molecule has 0 radical (unpaired) electrons. The van der Waals surface area contributed by atoms with Gasteiger partial charge >= 0.3 is 6.18 Å². The maximum atomic E-state index is 12.5. The van der Waals surface area contributed by atoms with Crippen molar-refractivity contribution in [1.29, 1.82) is 0 Å². The summed E-state index contributed by atoms with van der Waals surface area (Å²) in [5, 5.41) is 4.13. The number of anilines is 1.